The Kier molecular flexibility index (Phi) is 5.19. The molecule has 106 valence electrons. The normalized spacial score (nSPS) is 18.4. The monoisotopic (exact) mass is 264 g/mol. The van der Waals surface area contributed by atoms with Crippen LogP contribution >= 0.6 is 0 Å². The smallest absolute Gasteiger partial charge is 0.0718 e. The summed E-state index contributed by atoms with van der Waals surface area (Å²) < 4.78 is 11.0. The number of ether oxygens (including phenoxy) is 2. The maximum atomic E-state index is 5.99. The minimum absolute atomic E-state index is 0.0658. The number of benzene rings is 1. The third-order valence-corrected chi connectivity index (χ3v) is 3.38. The third-order valence-electron chi connectivity index (χ3n) is 3.38. The molecule has 0 saturated carbocycles. The van der Waals surface area contributed by atoms with Crippen LogP contribution in [0.25, 0.3) is 0 Å². The molecule has 0 aliphatic carbocycles. The molecule has 1 aliphatic rings. The lowest BCUT2D eigenvalue weighted by Crippen LogP contribution is -2.21. The van der Waals surface area contributed by atoms with E-state index in [1.165, 1.54) is 5.56 Å². The Morgan fingerprint density at radius 2 is 2.05 bits per heavy atom. The molecule has 0 amide bonds. The second kappa shape index (κ2) is 6.89. The van der Waals surface area contributed by atoms with E-state index in [1.54, 1.807) is 0 Å². The van der Waals surface area contributed by atoms with Gasteiger partial charge in [-0.05, 0) is 48.9 Å². The van der Waals surface area contributed by atoms with Crippen LogP contribution in [0.5, 0.6) is 0 Å². The zero-order valence-electron chi connectivity index (χ0n) is 11.6. The van der Waals surface area contributed by atoms with Crippen molar-refractivity contribution in [2.24, 2.45) is 5.73 Å². The fourth-order valence-corrected chi connectivity index (χ4v) is 2.46. The van der Waals surface area contributed by atoms with Gasteiger partial charge in [-0.25, -0.2) is 0 Å². The highest BCUT2D eigenvalue weighted by atomic mass is 16.5. The van der Waals surface area contributed by atoms with Crippen LogP contribution in [0.4, 0.5) is 5.69 Å². The summed E-state index contributed by atoms with van der Waals surface area (Å²) in [6, 6.07) is 6.32. The van der Waals surface area contributed by atoms with E-state index >= 15 is 0 Å². The van der Waals surface area contributed by atoms with Crippen molar-refractivity contribution < 1.29 is 9.47 Å². The summed E-state index contributed by atoms with van der Waals surface area (Å²) in [5, 5.41) is 0. The Morgan fingerprint density at radius 3 is 2.74 bits per heavy atom. The van der Waals surface area contributed by atoms with E-state index in [0.29, 0.717) is 19.1 Å². The van der Waals surface area contributed by atoms with Crippen molar-refractivity contribution in [2.45, 2.75) is 38.3 Å². The SMILES string of the molecule is C[C@@H](N)COCc1cc(N)cc(C2CCOCC2)c1. The van der Waals surface area contributed by atoms with E-state index in [-0.39, 0.29) is 6.04 Å². The molecule has 0 aromatic heterocycles. The van der Waals surface area contributed by atoms with E-state index in [9.17, 15) is 0 Å². The zero-order valence-corrected chi connectivity index (χ0v) is 11.6. The number of nitrogen functional groups attached to an aromatic ring is 1. The average Bonchev–Trinajstić information content (AvgIpc) is 2.39. The maximum absolute atomic E-state index is 5.99. The molecule has 1 heterocycles. The first-order chi connectivity index (χ1) is 9.15. The van der Waals surface area contributed by atoms with Crippen LogP contribution in [-0.4, -0.2) is 25.9 Å². The molecule has 1 saturated heterocycles. The number of hydrogen-bond donors (Lipinski definition) is 2. The van der Waals surface area contributed by atoms with Gasteiger partial charge in [0.25, 0.3) is 0 Å². The number of anilines is 1. The fraction of sp³-hybridized carbons (Fsp3) is 0.600. The Hall–Kier alpha value is -1.10. The first-order valence-corrected chi connectivity index (χ1v) is 6.95. The van der Waals surface area contributed by atoms with Gasteiger partial charge in [0.2, 0.25) is 0 Å². The van der Waals surface area contributed by atoms with E-state index in [1.807, 2.05) is 13.0 Å². The Morgan fingerprint density at radius 1 is 1.32 bits per heavy atom. The predicted octanol–water partition coefficient (Wildman–Crippen LogP) is 2.03. The molecular weight excluding hydrogens is 240 g/mol. The summed E-state index contributed by atoms with van der Waals surface area (Å²) in [4.78, 5) is 0. The van der Waals surface area contributed by atoms with Crippen molar-refractivity contribution in [1.82, 2.24) is 0 Å². The third kappa shape index (κ3) is 4.49. The molecule has 0 radical (unpaired) electrons. The van der Waals surface area contributed by atoms with E-state index in [4.69, 9.17) is 20.9 Å². The molecule has 1 fully saturated rings. The summed E-state index contributed by atoms with van der Waals surface area (Å²) in [5.74, 6) is 0.560. The van der Waals surface area contributed by atoms with Gasteiger partial charge in [0, 0.05) is 24.9 Å². The van der Waals surface area contributed by atoms with Crippen LogP contribution in [0, 0.1) is 0 Å². The molecule has 2 rings (SSSR count). The van der Waals surface area contributed by atoms with Crippen molar-refractivity contribution in [1.29, 1.82) is 0 Å². The second-order valence-electron chi connectivity index (χ2n) is 5.39. The van der Waals surface area contributed by atoms with Crippen molar-refractivity contribution in [3.8, 4) is 0 Å². The molecule has 1 aromatic rings. The molecule has 1 aliphatic heterocycles. The van der Waals surface area contributed by atoms with E-state index in [0.717, 1.165) is 37.3 Å². The van der Waals surface area contributed by atoms with Crippen molar-refractivity contribution in [3.63, 3.8) is 0 Å². The lowest BCUT2D eigenvalue weighted by molar-refractivity contribution is 0.0852. The quantitative estimate of drug-likeness (QED) is 0.798. The second-order valence-corrected chi connectivity index (χ2v) is 5.39. The van der Waals surface area contributed by atoms with E-state index < -0.39 is 0 Å². The van der Waals surface area contributed by atoms with Gasteiger partial charge in [-0.2, -0.15) is 0 Å². The Labute approximate surface area is 115 Å². The van der Waals surface area contributed by atoms with Gasteiger partial charge in [0.1, 0.15) is 0 Å². The summed E-state index contributed by atoms with van der Waals surface area (Å²) in [6.45, 7) is 4.77. The summed E-state index contributed by atoms with van der Waals surface area (Å²) in [6.07, 6.45) is 2.15. The van der Waals surface area contributed by atoms with Crippen molar-refractivity contribution >= 4 is 5.69 Å². The van der Waals surface area contributed by atoms with Gasteiger partial charge >= 0.3 is 0 Å². The number of hydrogen-bond acceptors (Lipinski definition) is 4. The highest BCUT2D eigenvalue weighted by Crippen LogP contribution is 2.29. The van der Waals surface area contributed by atoms with Gasteiger partial charge < -0.3 is 20.9 Å². The highest BCUT2D eigenvalue weighted by Gasteiger charge is 2.16. The Bertz CT molecular complexity index is 401. The predicted molar refractivity (Wildman–Crippen MR) is 77.0 cm³/mol. The molecule has 19 heavy (non-hydrogen) atoms. The maximum Gasteiger partial charge on any atom is 0.0718 e. The zero-order chi connectivity index (χ0) is 13.7. The van der Waals surface area contributed by atoms with Gasteiger partial charge in [-0.15, -0.1) is 0 Å². The van der Waals surface area contributed by atoms with Crippen LogP contribution in [0.15, 0.2) is 18.2 Å². The Balaban J connectivity index is 2.01. The molecule has 1 atom stereocenters. The van der Waals surface area contributed by atoms with Crippen molar-refractivity contribution in [3.05, 3.63) is 29.3 Å². The lowest BCUT2D eigenvalue weighted by atomic mass is 9.90. The molecule has 4 heteroatoms. The molecule has 4 N–H and O–H groups in total. The van der Waals surface area contributed by atoms with Gasteiger partial charge in [0.15, 0.2) is 0 Å². The molecule has 4 nitrogen and oxygen atoms in total. The van der Waals surface area contributed by atoms with Gasteiger partial charge in [-0.3, -0.25) is 0 Å². The van der Waals surface area contributed by atoms with Crippen LogP contribution in [0.2, 0.25) is 0 Å². The largest absolute Gasteiger partial charge is 0.399 e. The first kappa shape index (κ1) is 14.3. The van der Waals surface area contributed by atoms with Crippen LogP contribution in [0.1, 0.15) is 36.8 Å². The number of rotatable bonds is 5. The fourth-order valence-electron chi connectivity index (χ4n) is 2.46. The molecule has 0 spiro atoms. The van der Waals surface area contributed by atoms with Gasteiger partial charge in [0.05, 0.1) is 13.2 Å². The van der Waals surface area contributed by atoms with Gasteiger partial charge in [-0.1, -0.05) is 6.07 Å². The summed E-state index contributed by atoms with van der Waals surface area (Å²) in [5.41, 5.74) is 14.9. The molecular formula is C15H24N2O2. The molecule has 1 aromatic carbocycles. The standard InChI is InChI=1S/C15H24N2O2/c1-11(16)9-19-10-12-6-14(8-15(17)7-12)13-2-4-18-5-3-13/h6-8,11,13H,2-5,9-10,16-17H2,1H3/t11-/m1/s1. The minimum atomic E-state index is 0.0658. The summed E-state index contributed by atoms with van der Waals surface area (Å²) in [7, 11) is 0. The van der Waals surface area contributed by atoms with Crippen LogP contribution in [0.3, 0.4) is 0 Å². The highest BCUT2D eigenvalue weighted by molar-refractivity contribution is 5.45. The lowest BCUT2D eigenvalue weighted by Gasteiger charge is -2.23. The number of nitrogens with two attached hydrogens (primary N) is 2. The van der Waals surface area contributed by atoms with Crippen molar-refractivity contribution in [2.75, 3.05) is 25.6 Å². The van der Waals surface area contributed by atoms with Crippen LogP contribution in [-0.2, 0) is 16.1 Å². The summed E-state index contributed by atoms with van der Waals surface area (Å²) >= 11 is 0. The molecule has 0 unspecified atom stereocenters. The van der Waals surface area contributed by atoms with Crippen LogP contribution < -0.4 is 11.5 Å². The molecule has 0 bridgehead atoms. The first-order valence-electron chi connectivity index (χ1n) is 6.95. The van der Waals surface area contributed by atoms with E-state index in [2.05, 4.69) is 12.1 Å². The average molecular weight is 264 g/mol. The minimum Gasteiger partial charge on any atom is -0.399 e. The topological polar surface area (TPSA) is 70.5 Å².